The van der Waals surface area contributed by atoms with Gasteiger partial charge in [-0.15, -0.1) is 11.3 Å². The Morgan fingerprint density at radius 3 is 2.95 bits per heavy atom. The second-order valence-corrected chi connectivity index (χ2v) is 6.13. The Bertz CT molecular complexity index is 661. The van der Waals surface area contributed by atoms with E-state index in [2.05, 4.69) is 10.5 Å². The highest BCUT2D eigenvalue weighted by Crippen LogP contribution is 2.30. The van der Waals surface area contributed by atoms with Crippen LogP contribution in [0, 0.1) is 0 Å². The summed E-state index contributed by atoms with van der Waals surface area (Å²) >= 11 is 1.43. The Morgan fingerprint density at radius 2 is 2.32 bits per heavy atom. The van der Waals surface area contributed by atoms with E-state index in [4.69, 9.17) is 4.52 Å². The number of amides is 2. The molecule has 0 aromatic carbocycles. The third-order valence-electron chi connectivity index (χ3n) is 3.44. The number of carbonyl (C=O) groups is 2. The Hall–Kier alpha value is -2.15. The number of hydrogen-bond acceptors (Lipinski definition) is 5. The number of carbonyl (C=O) groups excluding carboxylic acids is 2. The van der Waals surface area contributed by atoms with Gasteiger partial charge in [-0.3, -0.25) is 9.59 Å². The molecule has 0 unspecified atom stereocenters. The lowest BCUT2D eigenvalue weighted by Crippen LogP contribution is -2.31. The van der Waals surface area contributed by atoms with Crippen molar-refractivity contribution in [2.24, 2.45) is 0 Å². The Morgan fingerprint density at radius 1 is 1.50 bits per heavy atom. The van der Waals surface area contributed by atoms with Gasteiger partial charge >= 0.3 is 0 Å². The summed E-state index contributed by atoms with van der Waals surface area (Å²) in [6, 6.07) is 5.54. The first kappa shape index (κ1) is 14.8. The number of nitrogens with one attached hydrogen (secondary N) is 1. The van der Waals surface area contributed by atoms with Crippen LogP contribution in [0.2, 0.25) is 0 Å². The maximum absolute atomic E-state index is 12.5. The van der Waals surface area contributed by atoms with Gasteiger partial charge < -0.3 is 14.7 Å². The molecule has 2 amide bonds. The summed E-state index contributed by atoms with van der Waals surface area (Å²) in [4.78, 5) is 26.7. The van der Waals surface area contributed by atoms with Crippen molar-refractivity contribution in [1.82, 2.24) is 15.4 Å². The zero-order chi connectivity index (χ0) is 15.5. The normalized spacial score (nSPS) is 13.9. The SMILES string of the molecule is CCNC(=O)c1cc(CN(C(=O)c2cccs2)C2CC2)on1. The minimum Gasteiger partial charge on any atom is -0.359 e. The van der Waals surface area contributed by atoms with E-state index in [1.54, 1.807) is 11.0 Å². The number of thiophene rings is 1. The highest BCUT2D eigenvalue weighted by Gasteiger charge is 2.34. The minimum absolute atomic E-state index is 0.00783. The van der Waals surface area contributed by atoms with Crippen molar-refractivity contribution >= 4 is 23.2 Å². The van der Waals surface area contributed by atoms with E-state index >= 15 is 0 Å². The fourth-order valence-corrected chi connectivity index (χ4v) is 2.89. The van der Waals surface area contributed by atoms with E-state index < -0.39 is 0 Å². The number of hydrogen-bond donors (Lipinski definition) is 1. The van der Waals surface area contributed by atoms with Gasteiger partial charge in [0.1, 0.15) is 0 Å². The molecule has 116 valence electrons. The van der Waals surface area contributed by atoms with Crippen LogP contribution < -0.4 is 5.32 Å². The molecule has 6 nitrogen and oxygen atoms in total. The van der Waals surface area contributed by atoms with Gasteiger partial charge in [-0.05, 0) is 31.2 Å². The third kappa shape index (κ3) is 3.19. The molecule has 22 heavy (non-hydrogen) atoms. The van der Waals surface area contributed by atoms with Gasteiger partial charge in [-0.2, -0.15) is 0 Å². The lowest BCUT2D eigenvalue weighted by molar-refractivity contribution is 0.0717. The van der Waals surface area contributed by atoms with Crippen LogP contribution >= 0.6 is 11.3 Å². The molecule has 0 radical (unpaired) electrons. The molecule has 1 fully saturated rings. The molecule has 0 aliphatic heterocycles. The Kier molecular flexibility index (Phi) is 4.24. The summed E-state index contributed by atoms with van der Waals surface area (Å²) in [5.74, 6) is 0.270. The van der Waals surface area contributed by atoms with Gasteiger partial charge in [0, 0.05) is 18.7 Å². The average Bonchev–Trinajstić information content (AvgIpc) is 3.04. The quantitative estimate of drug-likeness (QED) is 0.886. The van der Waals surface area contributed by atoms with Crippen LogP contribution in [-0.2, 0) is 6.54 Å². The molecule has 2 aromatic rings. The van der Waals surface area contributed by atoms with Crippen LogP contribution in [0.25, 0.3) is 0 Å². The monoisotopic (exact) mass is 319 g/mol. The maximum atomic E-state index is 12.5. The second-order valence-electron chi connectivity index (χ2n) is 5.18. The molecule has 2 heterocycles. The largest absolute Gasteiger partial charge is 0.359 e. The number of nitrogens with zero attached hydrogens (tertiary/aromatic N) is 2. The van der Waals surface area contributed by atoms with Crippen molar-refractivity contribution in [3.63, 3.8) is 0 Å². The molecule has 0 saturated heterocycles. The van der Waals surface area contributed by atoms with Crippen molar-refractivity contribution < 1.29 is 14.1 Å². The molecule has 0 atom stereocenters. The summed E-state index contributed by atoms with van der Waals surface area (Å²) in [5, 5.41) is 8.32. The number of aromatic nitrogens is 1. The van der Waals surface area contributed by atoms with Crippen LogP contribution in [0.1, 0.15) is 45.7 Å². The molecule has 1 aliphatic carbocycles. The predicted octanol–water partition coefficient (Wildman–Crippen LogP) is 2.29. The van der Waals surface area contributed by atoms with Gasteiger partial charge in [0.25, 0.3) is 11.8 Å². The number of rotatable bonds is 6. The standard InChI is InChI=1S/C15H17N3O3S/c1-2-16-14(19)12-8-11(21-17-12)9-18(10-5-6-10)15(20)13-4-3-7-22-13/h3-4,7-8,10H,2,5-6,9H2,1H3,(H,16,19). The first-order chi connectivity index (χ1) is 10.7. The van der Waals surface area contributed by atoms with E-state index in [0.717, 1.165) is 17.7 Å². The molecular weight excluding hydrogens is 302 g/mol. The lowest BCUT2D eigenvalue weighted by Gasteiger charge is -2.20. The second kappa shape index (κ2) is 6.31. The molecule has 7 heteroatoms. The van der Waals surface area contributed by atoms with Gasteiger partial charge in [0.15, 0.2) is 11.5 Å². The van der Waals surface area contributed by atoms with E-state index in [1.807, 2.05) is 24.4 Å². The molecule has 1 N–H and O–H groups in total. The Labute approximate surface area is 132 Å². The smallest absolute Gasteiger partial charge is 0.273 e. The van der Waals surface area contributed by atoms with Crippen molar-refractivity contribution in [3.05, 3.63) is 39.9 Å². The Balaban J connectivity index is 1.72. The molecule has 2 aromatic heterocycles. The summed E-state index contributed by atoms with van der Waals surface area (Å²) in [6.45, 7) is 2.72. The van der Waals surface area contributed by atoms with E-state index in [9.17, 15) is 9.59 Å². The fraction of sp³-hybridized carbons (Fsp3) is 0.400. The molecule has 3 rings (SSSR count). The van der Waals surface area contributed by atoms with Crippen molar-refractivity contribution in [2.45, 2.75) is 32.4 Å². The molecule has 1 aliphatic rings. The van der Waals surface area contributed by atoms with Crippen LogP contribution in [-0.4, -0.2) is 34.5 Å². The van der Waals surface area contributed by atoms with E-state index in [-0.39, 0.29) is 23.6 Å². The summed E-state index contributed by atoms with van der Waals surface area (Å²) < 4.78 is 5.21. The van der Waals surface area contributed by atoms with Gasteiger partial charge in [0.05, 0.1) is 11.4 Å². The van der Waals surface area contributed by atoms with Crippen LogP contribution in [0.15, 0.2) is 28.1 Å². The molecule has 0 spiro atoms. The lowest BCUT2D eigenvalue weighted by atomic mass is 10.3. The van der Waals surface area contributed by atoms with Gasteiger partial charge in [-0.25, -0.2) is 0 Å². The van der Waals surface area contributed by atoms with Gasteiger partial charge in [0.2, 0.25) is 0 Å². The van der Waals surface area contributed by atoms with Gasteiger partial charge in [-0.1, -0.05) is 11.2 Å². The molecule has 1 saturated carbocycles. The first-order valence-electron chi connectivity index (χ1n) is 7.27. The highest BCUT2D eigenvalue weighted by molar-refractivity contribution is 7.12. The third-order valence-corrected chi connectivity index (χ3v) is 4.29. The van der Waals surface area contributed by atoms with Crippen LogP contribution in [0.4, 0.5) is 0 Å². The molecule has 0 bridgehead atoms. The summed E-state index contributed by atoms with van der Waals surface area (Å²) in [5.41, 5.74) is 0.246. The highest BCUT2D eigenvalue weighted by atomic mass is 32.1. The van der Waals surface area contributed by atoms with Crippen LogP contribution in [0.3, 0.4) is 0 Å². The zero-order valence-electron chi connectivity index (χ0n) is 12.2. The fourth-order valence-electron chi connectivity index (χ4n) is 2.21. The van der Waals surface area contributed by atoms with Crippen LogP contribution in [0.5, 0.6) is 0 Å². The summed E-state index contributed by atoms with van der Waals surface area (Å²) in [6.07, 6.45) is 2.02. The maximum Gasteiger partial charge on any atom is 0.273 e. The average molecular weight is 319 g/mol. The van der Waals surface area contributed by atoms with E-state index in [1.165, 1.54) is 11.3 Å². The summed E-state index contributed by atoms with van der Waals surface area (Å²) in [7, 11) is 0. The topological polar surface area (TPSA) is 75.4 Å². The van der Waals surface area contributed by atoms with E-state index in [0.29, 0.717) is 18.8 Å². The van der Waals surface area contributed by atoms with Crippen molar-refractivity contribution in [3.8, 4) is 0 Å². The minimum atomic E-state index is -0.264. The van der Waals surface area contributed by atoms with Crippen molar-refractivity contribution in [1.29, 1.82) is 0 Å². The first-order valence-corrected chi connectivity index (χ1v) is 8.15. The zero-order valence-corrected chi connectivity index (χ0v) is 13.1. The van der Waals surface area contributed by atoms with Crippen molar-refractivity contribution in [2.75, 3.05) is 6.54 Å². The molecular formula is C15H17N3O3S. The predicted molar refractivity (Wildman–Crippen MR) is 81.7 cm³/mol.